The fourth-order valence-electron chi connectivity index (χ4n) is 1.64. The SMILES string of the molecule is Cc1onc2c1NC(=O)CC(C(C)C)N2. The van der Waals surface area contributed by atoms with Gasteiger partial charge in [0, 0.05) is 12.5 Å². The maximum Gasteiger partial charge on any atom is 0.226 e. The summed E-state index contributed by atoms with van der Waals surface area (Å²) in [6, 6.07) is 0.107. The Kier molecular flexibility index (Phi) is 2.38. The van der Waals surface area contributed by atoms with Gasteiger partial charge in [0.2, 0.25) is 5.91 Å². The van der Waals surface area contributed by atoms with Crippen LogP contribution in [0.5, 0.6) is 0 Å². The van der Waals surface area contributed by atoms with Gasteiger partial charge < -0.3 is 15.2 Å². The summed E-state index contributed by atoms with van der Waals surface area (Å²) in [5.41, 5.74) is 0.670. The predicted octanol–water partition coefficient (Wildman–Crippen LogP) is 1.76. The number of hydrogen-bond acceptors (Lipinski definition) is 4. The summed E-state index contributed by atoms with van der Waals surface area (Å²) < 4.78 is 5.02. The average molecular weight is 209 g/mol. The summed E-state index contributed by atoms with van der Waals surface area (Å²) in [6.45, 7) is 5.93. The number of aromatic nitrogens is 1. The lowest BCUT2D eigenvalue weighted by molar-refractivity contribution is -0.116. The molecule has 0 bridgehead atoms. The maximum absolute atomic E-state index is 11.6. The lowest BCUT2D eigenvalue weighted by Gasteiger charge is -2.18. The molecule has 0 aliphatic carbocycles. The molecule has 2 heterocycles. The standard InChI is InChI=1S/C10H15N3O2/c1-5(2)7-4-8(14)12-9-6(3)15-13-10(9)11-7/h5,7H,4H2,1-3H3,(H,11,13)(H,12,14). The Morgan fingerprint density at radius 2 is 2.27 bits per heavy atom. The van der Waals surface area contributed by atoms with Gasteiger partial charge in [-0.1, -0.05) is 19.0 Å². The summed E-state index contributed by atoms with van der Waals surface area (Å²) in [6.07, 6.45) is 0.466. The number of rotatable bonds is 1. The van der Waals surface area contributed by atoms with E-state index in [4.69, 9.17) is 4.52 Å². The molecule has 1 aromatic heterocycles. The van der Waals surface area contributed by atoms with Gasteiger partial charge in [-0.15, -0.1) is 0 Å². The van der Waals surface area contributed by atoms with Crippen molar-refractivity contribution in [3.8, 4) is 0 Å². The summed E-state index contributed by atoms with van der Waals surface area (Å²) in [5.74, 6) is 1.65. The number of hydrogen-bond donors (Lipinski definition) is 2. The van der Waals surface area contributed by atoms with Crippen LogP contribution in [0.3, 0.4) is 0 Å². The summed E-state index contributed by atoms with van der Waals surface area (Å²) >= 11 is 0. The third kappa shape index (κ3) is 1.82. The molecule has 1 aromatic rings. The van der Waals surface area contributed by atoms with Gasteiger partial charge in [-0.25, -0.2) is 0 Å². The van der Waals surface area contributed by atoms with E-state index in [1.807, 2.05) is 0 Å². The highest BCUT2D eigenvalue weighted by Crippen LogP contribution is 2.29. The Hall–Kier alpha value is -1.52. The number of nitrogens with one attached hydrogen (secondary N) is 2. The van der Waals surface area contributed by atoms with Crippen LogP contribution < -0.4 is 10.6 Å². The Labute approximate surface area is 88.2 Å². The molecule has 82 valence electrons. The second kappa shape index (κ2) is 3.56. The highest BCUT2D eigenvalue weighted by atomic mass is 16.5. The minimum absolute atomic E-state index is 0.00579. The molecule has 15 heavy (non-hydrogen) atoms. The van der Waals surface area contributed by atoms with Crippen molar-refractivity contribution in [1.82, 2.24) is 5.16 Å². The van der Waals surface area contributed by atoms with Crippen molar-refractivity contribution in [2.24, 2.45) is 5.92 Å². The first kappa shape index (κ1) is 10.0. The van der Waals surface area contributed by atoms with E-state index in [9.17, 15) is 4.79 Å². The van der Waals surface area contributed by atoms with E-state index < -0.39 is 0 Å². The van der Waals surface area contributed by atoms with Crippen LogP contribution in [0.1, 0.15) is 26.0 Å². The number of carbonyl (C=O) groups is 1. The van der Waals surface area contributed by atoms with Gasteiger partial charge in [0.1, 0.15) is 5.69 Å². The largest absolute Gasteiger partial charge is 0.362 e. The minimum Gasteiger partial charge on any atom is -0.362 e. The topological polar surface area (TPSA) is 67.2 Å². The van der Waals surface area contributed by atoms with Gasteiger partial charge in [-0.3, -0.25) is 4.79 Å². The lowest BCUT2D eigenvalue weighted by Crippen LogP contribution is -2.28. The molecule has 1 atom stereocenters. The first-order valence-corrected chi connectivity index (χ1v) is 5.10. The zero-order valence-corrected chi connectivity index (χ0v) is 9.13. The molecule has 0 fully saturated rings. The molecule has 2 rings (SSSR count). The zero-order valence-electron chi connectivity index (χ0n) is 9.13. The van der Waals surface area contributed by atoms with Crippen LogP contribution in [0.25, 0.3) is 0 Å². The number of anilines is 2. The molecule has 0 spiro atoms. The van der Waals surface area contributed by atoms with E-state index in [2.05, 4.69) is 29.6 Å². The van der Waals surface area contributed by atoms with Crippen molar-refractivity contribution in [3.63, 3.8) is 0 Å². The fourth-order valence-corrected chi connectivity index (χ4v) is 1.64. The van der Waals surface area contributed by atoms with Crippen LogP contribution in [-0.4, -0.2) is 17.1 Å². The number of fused-ring (bicyclic) bond motifs is 1. The van der Waals surface area contributed by atoms with Crippen molar-refractivity contribution in [2.45, 2.75) is 33.2 Å². The van der Waals surface area contributed by atoms with Gasteiger partial charge in [-0.2, -0.15) is 0 Å². The lowest BCUT2D eigenvalue weighted by atomic mass is 10.0. The highest BCUT2D eigenvalue weighted by molar-refractivity contribution is 5.96. The number of nitrogens with zero attached hydrogens (tertiary/aromatic N) is 1. The number of carbonyl (C=O) groups excluding carboxylic acids is 1. The van der Waals surface area contributed by atoms with E-state index >= 15 is 0 Å². The highest BCUT2D eigenvalue weighted by Gasteiger charge is 2.26. The molecule has 2 N–H and O–H groups in total. The molecule has 0 saturated heterocycles. The Balaban J connectivity index is 2.32. The molecule has 1 unspecified atom stereocenters. The number of amides is 1. The predicted molar refractivity (Wildman–Crippen MR) is 56.7 cm³/mol. The normalized spacial score (nSPS) is 20.5. The average Bonchev–Trinajstić information content (AvgIpc) is 2.42. The molecule has 1 amide bonds. The van der Waals surface area contributed by atoms with E-state index in [1.54, 1.807) is 6.92 Å². The van der Waals surface area contributed by atoms with E-state index in [0.29, 0.717) is 29.6 Å². The van der Waals surface area contributed by atoms with Crippen LogP contribution in [0, 0.1) is 12.8 Å². The van der Waals surface area contributed by atoms with E-state index in [1.165, 1.54) is 0 Å². The molecule has 5 nitrogen and oxygen atoms in total. The van der Waals surface area contributed by atoms with Crippen LogP contribution in [0.2, 0.25) is 0 Å². The summed E-state index contributed by atoms with van der Waals surface area (Å²) in [4.78, 5) is 11.6. The van der Waals surface area contributed by atoms with Crippen molar-refractivity contribution in [3.05, 3.63) is 5.76 Å². The van der Waals surface area contributed by atoms with Crippen LogP contribution in [0.15, 0.2) is 4.52 Å². The quantitative estimate of drug-likeness (QED) is 0.739. The van der Waals surface area contributed by atoms with Crippen molar-refractivity contribution in [1.29, 1.82) is 0 Å². The molecule has 0 aromatic carbocycles. The first-order chi connectivity index (χ1) is 7.08. The summed E-state index contributed by atoms with van der Waals surface area (Å²) in [7, 11) is 0. The minimum atomic E-state index is 0.00579. The molecule has 1 aliphatic rings. The molecule has 0 saturated carbocycles. The molecular formula is C10H15N3O2. The molecular weight excluding hydrogens is 194 g/mol. The van der Waals surface area contributed by atoms with Crippen molar-refractivity contribution in [2.75, 3.05) is 10.6 Å². The Morgan fingerprint density at radius 1 is 1.53 bits per heavy atom. The van der Waals surface area contributed by atoms with E-state index in [0.717, 1.165) is 0 Å². The van der Waals surface area contributed by atoms with Crippen molar-refractivity contribution < 1.29 is 9.32 Å². The smallest absolute Gasteiger partial charge is 0.226 e. The van der Waals surface area contributed by atoms with Crippen molar-refractivity contribution >= 4 is 17.4 Å². The van der Waals surface area contributed by atoms with Gasteiger partial charge >= 0.3 is 0 Å². The first-order valence-electron chi connectivity index (χ1n) is 5.10. The van der Waals surface area contributed by atoms with Crippen LogP contribution >= 0.6 is 0 Å². The molecule has 1 aliphatic heterocycles. The number of aryl methyl sites for hydroxylation is 1. The summed E-state index contributed by atoms with van der Waals surface area (Å²) in [5, 5.41) is 9.90. The van der Waals surface area contributed by atoms with Gasteiger partial charge in [0.25, 0.3) is 0 Å². The molecule has 0 radical (unpaired) electrons. The fraction of sp³-hybridized carbons (Fsp3) is 0.600. The monoisotopic (exact) mass is 209 g/mol. The zero-order chi connectivity index (χ0) is 11.0. The van der Waals surface area contributed by atoms with Crippen LogP contribution in [0.4, 0.5) is 11.5 Å². The van der Waals surface area contributed by atoms with Gasteiger partial charge in [-0.05, 0) is 12.8 Å². The second-order valence-corrected chi connectivity index (χ2v) is 4.21. The van der Waals surface area contributed by atoms with Gasteiger partial charge in [0.15, 0.2) is 11.6 Å². The van der Waals surface area contributed by atoms with Gasteiger partial charge in [0.05, 0.1) is 0 Å². The van der Waals surface area contributed by atoms with Crippen LogP contribution in [-0.2, 0) is 4.79 Å². The second-order valence-electron chi connectivity index (χ2n) is 4.21. The Bertz CT molecular complexity index is 384. The third-order valence-corrected chi connectivity index (χ3v) is 2.66. The Morgan fingerprint density at radius 3 is 2.93 bits per heavy atom. The van der Waals surface area contributed by atoms with E-state index in [-0.39, 0.29) is 11.9 Å². The molecule has 5 heteroatoms. The maximum atomic E-state index is 11.6. The third-order valence-electron chi connectivity index (χ3n) is 2.66.